The van der Waals surface area contributed by atoms with Gasteiger partial charge in [-0.1, -0.05) is 23.2 Å². The summed E-state index contributed by atoms with van der Waals surface area (Å²) in [6, 6.07) is 3.15. The molecule has 0 atom stereocenters. The van der Waals surface area contributed by atoms with Gasteiger partial charge in [0.2, 0.25) is 0 Å². The predicted octanol–water partition coefficient (Wildman–Crippen LogP) is 3.31. The van der Waals surface area contributed by atoms with Crippen LogP contribution in [-0.4, -0.2) is 29.2 Å². The Balaban J connectivity index is 2.36. The van der Waals surface area contributed by atoms with Gasteiger partial charge < -0.3 is 14.5 Å². The first-order valence-corrected chi connectivity index (χ1v) is 7.26. The Bertz CT molecular complexity index is 928. The third kappa shape index (κ3) is 2.60. The van der Waals surface area contributed by atoms with Crippen LogP contribution in [0.25, 0.3) is 22.3 Å². The maximum absolute atomic E-state index is 12.2. The third-order valence-corrected chi connectivity index (χ3v) is 4.07. The van der Waals surface area contributed by atoms with Crippen LogP contribution in [0.15, 0.2) is 29.3 Å². The van der Waals surface area contributed by atoms with E-state index in [1.165, 1.54) is 26.6 Å². The molecule has 0 saturated carbocycles. The molecule has 3 rings (SSSR count). The number of fused-ring (bicyclic) bond motifs is 1. The van der Waals surface area contributed by atoms with E-state index < -0.39 is 0 Å². The van der Waals surface area contributed by atoms with Crippen molar-refractivity contribution < 1.29 is 9.47 Å². The minimum atomic E-state index is -0.318. The number of pyridine rings is 1. The summed E-state index contributed by atoms with van der Waals surface area (Å²) in [5.41, 5.74) is 0.439. The van der Waals surface area contributed by atoms with E-state index >= 15 is 0 Å². The molecule has 0 radical (unpaired) electrons. The summed E-state index contributed by atoms with van der Waals surface area (Å²) in [6.07, 6.45) is 3.01. The zero-order valence-electron chi connectivity index (χ0n) is 12.2. The summed E-state index contributed by atoms with van der Waals surface area (Å²) >= 11 is 12.7. The lowest BCUT2D eigenvalue weighted by Crippen LogP contribution is -2.10. The fourth-order valence-electron chi connectivity index (χ4n) is 2.20. The molecule has 3 aromatic rings. The molecule has 1 aromatic carbocycles. The molecule has 0 spiro atoms. The maximum Gasteiger partial charge on any atom is 0.259 e. The number of benzene rings is 1. The molecule has 0 aliphatic rings. The highest BCUT2D eigenvalue weighted by atomic mass is 35.5. The zero-order chi connectivity index (χ0) is 16.6. The number of methoxy groups -OCH3 is 2. The van der Waals surface area contributed by atoms with Crippen LogP contribution in [0.4, 0.5) is 0 Å². The van der Waals surface area contributed by atoms with Crippen molar-refractivity contribution in [1.82, 2.24) is 15.0 Å². The molecule has 0 amide bonds. The van der Waals surface area contributed by atoms with E-state index in [0.717, 1.165) is 0 Å². The standard InChI is InChI=1S/C15H11Cl2N3O3/c1-22-9-5-10(23-2)13(17)11(12(9)16)14-19-8-6-18-4-3-7(8)15(21)20-14/h3-6H,1-2H3,(H,19,20,21). The van der Waals surface area contributed by atoms with Crippen LogP contribution in [-0.2, 0) is 0 Å². The molecule has 0 bridgehead atoms. The first-order chi connectivity index (χ1) is 11.1. The van der Waals surface area contributed by atoms with Crippen LogP contribution in [0.1, 0.15) is 0 Å². The third-order valence-electron chi connectivity index (χ3n) is 3.32. The van der Waals surface area contributed by atoms with Crippen molar-refractivity contribution in [1.29, 1.82) is 0 Å². The van der Waals surface area contributed by atoms with Crippen molar-refractivity contribution >= 4 is 34.1 Å². The van der Waals surface area contributed by atoms with E-state index in [9.17, 15) is 4.79 Å². The van der Waals surface area contributed by atoms with Gasteiger partial charge in [0.05, 0.1) is 46.9 Å². The monoisotopic (exact) mass is 351 g/mol. The van der Waals surface area contributed by atoms with Crippen LogP contribution < -0.4 is 15.0 Å². The van der Waals surface area contributed by atoms with Crippen molar-refractivity contribution in [2.75, 3.05) is 14.2 Å². The summed E-state index contributed by atoms with van der Waals surface area (Å²) < 4.78 is 10.4. The summed E-state index contributed by atoms with van der Waals surface area (Å²) in [5.74, 6) is 0.927. The second-order valence-electron chi connectivity index (χ2n) is 4.59. The fraction of sp³-hybridized carbons (Fsp3) is 0.133. The summed E-state index contributed by atoms with van der Waals surface area (Å²) in [4.78, 5) is 23.3. The number of nitrogens with one attached hydrogen (secondary N) is 1. The van der Waals surface area contributed by atoms with E-state index in [1.807, 2.05) is 0 Å². The van der Waals surface area contributed by atoms with Crippen molar-refractivity contribution in [3.63, 3.8) is 0 Å². The van der Waals surface area contributed by atoms with Crippen LogP contribution >= 0.6 is 23.2 Å². The Hall–Kier alpha value is -2.31. The molecule has 23 heavy (non-hydrogen) atoms. The summed E-state index contributed by atoms with van der Waals surface area (Å²) in [6.45, 7) is 0. The Labute approximate surface area is 141 Å². The van der Waals surface area contributed by atoms with Gasteiger partial charge in [0, 0.05) is 12.3 Å². The van der Waals surface area contributed by atoms with E-state index in [2.05, 4.69) is 15.0 Å². The lowest BCUT2D eigenvalue weighted by molar-refractivity contribution is 0.395. The number of halogens is 2. The SMILES string of the molecule is COc1cc(OC)c(Cl)c(-c2nc3cnccc3c(=O)[nH]2)c1Cl. The molecule has 2 heterocycles. The normalized spacial score (nSPS) is 10.8. The highest BCUT2D eigenvalue weighted by molar-refractivity contribution is 6.40. The highest BCUT2D eigenvalue weighted by Gasteiger charge is 2.21. The molecule has 0 fully saturated rings. The zero-order valence-corrected chi connectivity index (χ0v) is 13.7. The molecule has 0 unspecified atom stereocenters. The van der Waals surface area contributed by atoms with Gasteiger partial charge >= 0.3 is 0 Å². The Morgan fingerprint density at radius 1 is 1.13 bits per heavy atom. The minimum Gasteiger partial charge on any atom is -0.495 e. The lowest BCUT2D eigenvalue weighted by Gasteiger charge is -2.14. The molecule has 6 nitrogen and oxygen atoms in total. The van der Waals surface area contributed by atoms with Gasteiger partial charge in [-0.05, 0) is 6.07 Å². The average Bonchev–Trinajstić information content (AvgIpc) is 2.55. The van der Waals surface area contributed by atoms with Crippen molar-refractivity contribution in [2.45, 2.75) is 0 Å². The van der Waals surface area contributed by atoms with Crippen LogP contribution in [0.2, 0.25) is 10.0 Å². The van der Waals surface area contributed by atoms with Gasteiger partial charge in [0.15, 0.2) is 0 Å². The van der Waals surface area contributed by atoms with Crippen LogP contribution in [0.3, 0.4) is 0 Å². The smallest absolute Gasteiger partial charge is 0.259 e. The minimum absolute atomic E-state index is 0.211. The predicted molar refractivity (Wildman–Crippen MR) is 88.7 cm³/mol. The van der Waals surface area contributed by atoms with Crippen molar-refractivity contribution in [3.05, 3.63) is 44.9 Å². The van der Waals surface area contributed by atoms with E-state index in [4.69, 9.17) is 32.7 Å². The van der Waals surface area contributed by atoms with Crippen molar-refractivity contribution in [3.8, 4) is 22.9 Å². The molecule has 0 saturated heterocycles. The number of aromatic nitrogens is 3. The first-order valence-electron chi connectivity index (χ1n) is 6.51. The molecule has 1 N–H and O–H groups in total. The highest BCUT2D eigenvalue weighted by Crippen LogP contribution is 2.44. The summed E-state index contributed by atoms with van der Waals surface area (Å²) in [5, 5.41) is 0.875. The number of ether oxygens (including phenoxy) is 2. The van der Waals surface area contributed by atoms with Gasteiger partial charge in [-0.15, -0.1) is 0 Å². The van der Waals surface area contributed by atoms with Gasteiger partial charge in [-0.2, -0.15) is 0 Å². The first kappa shape index (κ1) is 15.6. The number of rotatable bonds is 3. The molecule has 0 aliphatic carbocycles. The maximum atomic E-state index is 12.2. The van der Waals surface area contributed by atoms with Gasteiger partial charge in [0.25, 0.3) is 5.56 Å². The fourth-order valence-corrected chi connectivity index (χ4v) is 2.88. The quantitative estimate of drug-likeness (QED) is 0.783. The largest absolute Gasteiger partial charge is 0.495 e. The lowest BCUT2D eigenvalue weighted by atomic mass is 10.1. The second-order valence-corrected chi connectivity index (χ2v) is 5.35. The van der Waals surface area contributed by atoms with E-state index in [1.54, 1.807) is 12.1 Å². The van der Waals surface area contributed by atoms with Crippen molar-refractivity contribution in [2.24, 2.45) is 0 Å². The van der Waals surface area contributed by atoms with Gasteiger partial charge in [-0.3, -0.25) is 9.78 Å². The molecular formula is C15H11Cl2N3O3. The number of aromatic amines is 1. The molecule has 0 aliphatic heterocycles. The van der Waals surface area contributed by atoms with E-state index in [0.29, 0.717) is 28.0 Å². The number of nitrogens with zero attached hydrogens (tertiary/aromatic N) is 2. The Kier molecular flexibility index (Phi) is 4.11. The number of hydrogen-bond acceptors (Lipinski definition) is 5. The van der Waals surface area contributed by atoms with Gasteiger partial charge in [-0.25, -0.2) is 4.98 Å². The van der Waals surface area contributed by atoms with Crippen LogP contribution in [0.5, 0.6) is 11.5 Å². The molecule has 2 aromatic heterocycles. The molecular weight excluding hydrogens is 341 g/mol. The topological polar surface area (TPSA) is 77.1 Å². The Morgan fingerprint density at radius 3 is 2.39 bits per heavy atom. The molecule has 8 heteroatoms. The number of H-pyrrole nitrogens is 1. The summed E-state index contributed by atoms with van der Waals surface area (Å²) in [7, 11) is 2.94. The average molecular weight is 352 g/mol. The van der Waals surface area contributed by atoms with E-state index in [-0.39, 0.29) is 21.4 Å². The van der Waals surface area contributed by atoms with Gasteiger partial charge in [0.1, 0.15) is 17.3 Å². The number of hydrogen-bond donors (Lipinski definition) is 1. The molecule has 118 valence electrons. The Morgan fingerprint density at radius 2 is 1.78 bits per heavy atom. The van der Waals surface area contributed by atoms with Crippen LogP contribution in [0, 0.1) is 0 Å². The second kappa shape index (κ2) is 6.06.